The Kier molecular flexibility index (Phi) is 2.85. The van der Waals surface area contributed by atoms with Gasteiger partial charge >= 0.3 is 0 Å². The van der Waals surface area contributed by atoms with Crippen molar-refractivity contribution in [2.75, 3.05) is 37.0 Å². The molecule has 4 rings (SSSR count). The SMILES string of the molecule is CN1c2cccnc2N(C)C23CCC1C=CN2CCCN3. The molecule has 5 nitrogen and oxygen atoms in total. The Bertz CT molecular complexity index is 572. The third kappa shape index (κ3) is 1.77. The molecule has 0 radical (unpaired) electrons. The van der Waals surface area contributed by atoms with Gasteiger partial charge in [-0.3, -0.25) is 5.32 Å². The summed E-state index contributed by atoms with van der Waals surface area (Å²) in [4.78, 5) is 11.9. The zero-order chi connectivity index (χ0) is 14.4. The summed E-state index contributed by atoms with van der Waals surface area (Å²) in [6.45, 7) is 2.17. The molecule has 4 heterocycles. The number of nitrogens with one attached hydrogen (secondary N) is 1. The van der Waals surface area contributed by atoms with Crippen LogP contribution in [0.25, 0.3) is 0 Å². The molecule has 0 aromatic carbocycles. The number of aromatic nitrogens is 1. The normalized spacial score (nSPS) is 31.3. The van der Waals surface area contributed by atoms with E-state index in [2.05, 4.69) is 57.4 Å². The van der Waals surface area contributed by atoms with Crippen LogP contribution in [0.5, 0.6) is 0 Å². The van der Waals surface area contributed by atoms with Crippen molar-refractivity contribution in [3.8, 4) is 0 Å². The van der Waals surface area contributed by atoms with Crippen molar-refractivity contribution in [3.63, 3.8) is 0 Å². The molecule has 5 heteroatoms. The van der Waals surface area contributed by atoms with E-state index in [1.54, 1.807) is 0 Å². The summed E-state index contributed by atoms with van der Waals surface area (Å²) in [6, 6.07) is 4.64. The fourth-order valence-corrected chi connectivity index (χ4v) is 3.98. The van der Waals surface area contributed by atoms with Gasteiger partial charge in [-0.2, -0.15) is 0 Å². The summed E-state index contributed by atoms with van der Waals surface area (Å²) >= 11 is 0. The molecule has 0 saturated carbocycles. The average Bonchev–Trinajstić information content (AvgIpc) is 2.72. The van der Waals surface area contributed by atoms with Gasteiger partial charge in [-0.15, -0.1) is 0 Å². The van der Waals surface area contributed by atoms with Gasteiger partial charge in [-0.1, -0.05) is 0 Å². The minimum Gasteiger partial charge on any atom is -0.365 e. The summed E-state index contributed by atoms with van der Waals surface area (Å²) in [6.07, 6.45) is 9.98. The standard InChI is InChI=1S/C16H23N5/c1-19-13-6-8-16(18-10-4-11-21(16)12-7-13)20(2)15-14(19)5-3-9-17-15/h3,5,7,9,12-13,18H,4,6,8,10-11H2,1-2H3. The zero-order valence-electron chi connectivity index (χ0n) is 12.8. The van der Waals surface area contributed by atoms with Gasteiger partial charge in [0.15, 0.2) is 11.6 Å². The lowest BCUT2D eigenvalue weighted by atomic mass is 10.0. The van der Waals surface area contributed by atoms with Crippen LogP contribution in [0.2, 0.25) is 0 Å². The van der Waals surface area contributed by atoms with Crippen molar-refractivity contribution in [2.45, 2.75) is 31.1 Å². The van der Waals surface area contributed by atoms with Gasteiger partial charge in [0, 0.05) is 52.0 Å². The predicted octanol–water partition coefficient (Wildman–Crippen LogP) is 1.59. The lowest BCUT2D eigenvalue weighted by Crippen LogP contribution is -2.70. The minimum atomic E-state index is -0.131. The van der Waals surface area contributed by atoms with Crippen molar-refractivity contribution in [3.05, 3.63) is 30.6 Å². The van der Waals surface area contributed by atoms with Crippen LogP contribution in [-0.2, 0) is 0 Å². The molecule has 0 aliphatic carbocycles. The van der Waals surface area contributed by atoms with Crippen LogP contribution >= 0.6 is 0 Å². The van der Waals surface area contributed by atoms with Crippen LogP contribution in [0, 0.1) is 0 Å². The van der Waals surface area contributed by atoms with Crippen LogP contribution in [0.15, 0.2) is 30.6 Å². The number of likely N-dealkylation sites (N-methyl/N-ethyl adjacent to an activating group) is 1. The first-order valence-electron chi connectivity index (χ1n) is 7.84. The molecule has 3 aliphatic heterocycles. The van der Waals surface area contributed by atoms with Crippen LogP contribution in [0.3, 0.4) is 0 Å². The highest BCUT2D eigenvalue weighted by atomic mass is 15.5. The zero-order valence-corrected chi connectivity index (χ0v) is 12.8. The molecule has 2 bridgehead atoms. The molecule has 21 heavy (non-hydrogen) atoms. The second kappa shape index (κ2) is 4.63. The molecule has 112 valence electrons. The number of rotatable bonds is 0. The fourth-order valence-electron chi connectivity index (χ4n) is 3.98. The largest absolute Gasteiger partial charge is 0.365 e. The smallest absolute Gasteiger partial charge is 0.169 e. The molecule has 1 aromatic heterocycles. The number of nitrogens with zero attached hydrogens (tertiary/aromatic N) is 4. The van der Waals surface area contributed by atoms with Crippen LogP contribution in [0.4, 0.5) is 11.5 Å². The van der Waals surface area contributed by atoms with Crippen molar-refractivity contribution < 1.29 is 0 Å². The number of fused-ring (bicyclic) bond motifs is 3. The molecule has 1 aromatic rings. The van der Waals surface area contributed by atoms with Crippen LogP contribution < -0.4 is 15.1 Å². The Morgan fingerprint density at radius 1 is 1.38 bits per heavy atom. The van der Waals surface area contributed by atoms with Crippen molar-refractivity contribution in [1.29, 1.82) is 0 Å². The lowest BCUT2D eigenvalue weighted by Gasteiger charge is -2.53. The van der Waals surface area contributed by atoms with Crippen LogP contribution in [-0.4, -0.2) is 48.9 Å². The van der Waals surface area contributed by atoms with E-state index in [-0.39, 0.29) is 5.79 Å². The molecular formula is C16H23N5. The Balaban J connectivity index is 1.91. The Morgan fingerprint density at radius 3 is 3.19 bits per heavy atom. The van der Waals surface area contributed by atoms with Gasteiger partial charge in [0.1, 0.15) is 0 Å². The predicted molar refractivity (Wildman–Crippen MR) is 85.3 cm³/mol. The molecule has 1 N–H and O–H groups in total. The first-order valence-corrected chi connectivity index (χ1v) is 7.84. The average molecular weight is 285 g/mol. The van der Waals surface area contributed by atoms with E-state index in [1.165, 1.54) is 12.1 Å². The van der Waals surface area contributed by atoms with E-state index < -0.39 is 0 Å². The van der Waals surface area contributed by atoms with E-state index in [4.69, 9.17) is 0 Å². The maximum Gasteiger partial charge on any atom is 0.169 e. The Hall–Kier alpha value is -1.75. The number of hydrogen-bond acceptors (Lipinski definition) is 5. The number of pyridine rings is 1. The molecule has 1 saturated heterocycles. The van der Waals surface area contributed by atoms with Gasteiger partial charge in [-0.05, 0) is 31.1 Å². The summed E-state index contributed by atoms with van der Waals surface area (Å²) < 4.78 is 0. The topological polar surface area (TPSA) is 34.6 Å². The summed E-state index contributed by atoms with van der Waals surface area (Å²) in [5.41, 5.74) is 1.21. The number of hydrogen-bond donors (Lipinski definition) is 1. The third-order valence-corrected chi connectivity index (χ3v) is 5.25. The summed E-state index contributed by atoms with van der Waals surface area (Å²) in [7, 11) is 4.35. The first kappa shape index (κ1) is 13.0. The molecule has 3 aliphatic rings. The van der Waals surface area contributed by atoms with E-state index >= 15 is 0 Å². The van der Waals surface area contributed by atoms with E-state index in [9.17, 15) is 0 Å². The third-order valence-electron chi connectivity index (χ3n) is 5.25. The van der Waals surface area contributed by atoms with Crippen molar-refractivity contribution >= 4 is 11.5 Å². The minimum absolute atomic E-state index is 0.131. The highest BCUT2D eigenvalue weighted by Crippen LogP contribution is 2.40. The molecule has 0 amide bonds. The highest BCUT2D eigenvalue weighted by molar-refractivity contribution is 5.69. The first-order chi connectivity index (χ1) is 10.2. The second-order valence-electron chi connectivity index (χ2n) is 6.25. The summed E-state index contributed by atoms with van der Waals surface area (Å²) in [5.74, 6) is 0.932. The molecular weight excluding hydrogens is 262 g/mol. The van der Waals surface area contributed by atoms with Gasteiger partial charge in [0.2, 0.25) is 0 Å². The maximum atomic E-state index is 4.69. The Morgan fingerprint density at radius 2 is 2.29 bits per heavy atom. The van der Waals surface area contributed by atoms with Gasteiger partial charge in [0.25, 0.3) is 0 Å². The van der Waals surface area contributed by atoms with Gasteiger partial charge in [-0.25, -0.2) is 4.98 Å². The van der Waals surface area contributed by atoms with E-state index in [0.717, 1.165) is 31.7 Å². The van der Waals surface area contributed by atoms with Gasteiger partial charge < -0.3 is 14.7 Å². The molecule has 2 unspecified atom stereocenters. The second-order valence-corrected chi connectivity index (χ2v) is 6.25. The maximum absolute atomic E-state index is 4.69. The van der Waals surface area contributed by atoms with E-state index in [0.29, 0.717) is 6.04 Å². The van der Waals surface area contributed by atoms with Crippen molar-refractivity contribution in [1.82, 2.24) is 15.2 Å². The van der Waals surface area contributed by atoms with E-state index in [1.807, 2.05) is 12.3 Å². The fraction of sp³-hybridized carbons (Fsp3) is 0.562. The van der Waals surface area contributed by atoms with Crippen LogP contribution in [0.1, 0.15) is 19.3 Å². The summed E-state index contributed by atoms with van der Waals surface area (Å²) in [5, 5.41) is 3.78. The van der Waals surface area contributed by atoms with Crippen molar-refractivity contribution in [2.24, 2.45) is 0 Å². The Labute approximate surface area is 126 Å². The quantitative estimate of drug-likeness (QED) is 0.783. The molecule has 1 fully saturated rings. The lowest BCUT2D eigenvalue weighted by molar-refractivity contribution is 0.0630. The molecule has 2 atom stereocenters. The molecule has 1 spiro atoms. The monoisotopic (exact) mass is 285 g/mol. The van der Waals surface area contributed by atoms with Gasteiger partial charge in [0.05, 0.1) is 5.69 Å². The highest BCUT2D eigenvalue weighted by Gasteiger charge is 2.45. The number of anilines is 2.